The summed E-state index contributed by atoms with van der Waals surface area (Å²) in [6, 6.07) is 15.0. The summed E-state index contributed by atoms with van der Waals surface area (Å²) in [5.41, 5.74) is -0.481. The van der Waals surface area contributed by atoms with Crippen LogP contribution < -0.4 is 14.8 Å². The van der Waals surface area contributed by atoms with Gasteiger partial charge in [-0.05, 0) is 78.1 Å². The summed E-state index contributed by atoms with van der Waals surface area (Å²) < 4.78 is 22.4. The topological polar surface area (TPSA) is 103 Å². The molecule has 0 unspecified atom stereocenters. The standard InChI is InChI=1S/C33H45NO7/c1-31(2,3)40-29(35)27-23(34-18-17-21-15-16-24(38-8)25(19-21)39-9)20-33(7,37)28(30(36)41-32(4,5)6)26(27)22-13-11-10-12-14-22/h10-16,19,26,28,34,37H,17-18,20H2,1-9H3/t26-,28+,33-/m0/s1. The predicted octanol–water partition coefficient (Wildman–Crippen LogP) is 5.33. The monoisotopic (exact) mass is 567 g/mol. The normalized spacial score (nSPS) is 21.2. The molecule has 41 heavy (non-hydrogen) atoms. The van der Waals surface area contributed by atoms with Gasteiger partial charge in [-0.3, -0.25) is 4.79 Å². The van der Waals surface area contributed by atoms with Crippen molar-refractivity contribution in [3.05, 3.63) is 70.9 Å². The molecule has 8 heteroatoms. The van der Waals surface area contributed by atoms with Crippen LogP contribution in [0.3, 0.4) is 0 Å². The molecule has 0 amide bonds. The van der Waals surface area contributed by atoms with Crippen molar-refractivity contribution in [1.82, 2.24) is 5.32 Å². The average Bonchev–Trinajstić information content (AvgIpc) is 2.85. The number of carbonyl (C=O) groups is 2. The van der Waals surface area contributed by atoms with Gasteiger partial charge in [-0.1, -0.05) is 36.4 Å². The highest BCUT2D eigenvalue weighted by atomic mass is 16.6. The first-order valence-electron chi connectivity index (χ1n) is 14.0. The van der Waals surface area contributed by atoms with Crippen LogP contribution in [0.25, 0.3) is 0 Å². The van der Waals surface area contributed by atoms with Gasteiger partial charge in [0.05, 0.1) is 31.3 Å². The van der Waals surface area contributed by atoms with E-state index in [1.165, 1.54) is 0 Å². The first-order chi connectivity index (χ1) is 19.1. The molecule has 1 aliphatic carbocycles. The Morgan fingerprint density at radius 2 is 1.54 bits per heavy atom. The van der Waals surface area contributed by atoms with E-state index in [1.807, 2.05) is 48.5 Å². The number of nitrogens with one attached hydrogen (secondary N) is 1. The summed E-state index contributed by atoms with van der Waals surface area (Å²) in [6.07, 6.45) is 0.653. The highest BCUT2D eigenvalue weighted by Crippen LogP contribution is 2.48. The van der Waals surface area contributed by atoms with Gasteiger partial charge >= 0.3 is 11.9 Å². The Bertz CT molecular complexity index is 1250. The molecule has 0 radical (unpaired) electrons. The second-order valence-electron chi connectivity index (χ2n) is 12.7. The molecule has 0 fully saturated rings. The molecule has 1 aliphatic rings. The molecule has 0 saturated heterocycles. The van der Waals surface area contributed by atoms with E-state index in [0.29, 0.717) is 41.3 Å². The van der Waals surface area contributed by atoms with Gasteiger partial charge in [0, 0.05) is 24.6 Å². The van der Waals surface area contributed by atoms with E-state index in [0.717, 1.165) is 5.56 Å². The number of ether oxygens (including phenoxy) is 4. The van der Waals surface area contributed by atoms with Crippen molar-refractivity contribution in [1.29, 1.82) is 0 Å². The van der Waals surface area contributed by atoms with Gasteiger partial charge in [-0.2, -0.15) is 0 Å². The molecule has 2 aromatic carbocycles. The molecular formula is C33H45NO7. The third-order valence-corrected chi connectivity index (χ3v) is 6.81. The SMILES string of the molecule is COc1ccc(CCNC2=C(C(=O)OC(C)(C)C)[C@H](c3ccccc3)[C@H](C(=O)OC(C)(C)C)[C@@](C)(O)C2)cc1OC. The fourth-order valence-electron chi connectivity index (χ4n) is 5.19. The largest absolute Gasteiger partial charge is 0.493 e. The van der Waals surface area contributed by atoms with Crippen molar-refractivity contribution in [2.75, 3.05) is 20.8 Å². The van der Waals surface area contributed by atoms with Gasteiger partial charge in [0.1, 0.15) is 11.2 Å². The van der Waals surface area contributed by atoms with Crippen LogP contribution in [0.2, 0.25) is 0 Å². The van der Waals surface area contributed by atoms with Crippen LogP contribution >= 0.6 is 0 Å². The Morgan fingerprint density at radius 3 is 2.10 bits per heavy atom. The minimum atomic E-state index is -1.51. The number of esters is 2. The quantitative estimate of drug-likeness (QED) is 0.392. The lowest BCUT2D eigenvalue weighted by molar-refractivity contribution is -0.171. The molecule has 0 aromatic heterocycles. The lowest BCUT2D eigenvalue weighted by atomic mass is 9.65. The first kappa shape index (κ1) is 32.0. The van der Waals surface area contributed by atoms with Crippen molar-refractivity contribution in [2.24, 2.45) is 5.92 Å². The second kappa shape index (κ2) is 12.6. The lowest BCUT2D eigenvalue weighted by Gasteiger charge is -2.44. The fraction of sp³-hybridized carbons (Fsp3) is 0.515. The summed E-state index contributed by atoms with van der Waals surface area (Å²) in [6.45, 7) is 12.8. The van der Waals surface area contributed by atoms with Crippen molar-refractivity contribution >= 4 is 11.9 Å². The van der Waals surface area contributed by atoms with E-state index in [2.05, 4.69) is 5.32 Å². The average molecular weight is 568 g/mol. The summed E-state index contributed by atoms with van der Waals surface area (Å²) in [7, 11) is 3.18. The lowest BCUT2D eigenvalue weighted by Crippen LogP contribution is -2.52. The molecule has 224 valence electrons. The molecule has 0 heterocycles. The van der Waals surface area contributed by atoms with Gasteiger partial charge in [-0.15, -0.1) is 0 Å². The molecule has 0 bridgehead atoms. The number of benzene rings is 2. The number of carbonyl (C=O) groups excluding carboxylic acids is 2. The zero-order valence-corrected chi connectivity index (χ0v) is 25.8. The predicted molar refractivity (Wildman–Crippen MR) is 158 cm³/mol. The highest BCUT2D eigenvalue weighted by Gasteiger charge is 2.53. The maximum absolute atomic E-state index is 13.9. The molecule has 3 rings (SSSR count). The molecule has 8 nitrogen and oxygen atoms in total. The number of hydrogen-bond donors (Lipinski definition) is 2. The molecule has 0 aliphatic heterocycles. The maximum Gasteiger partial charge on any atom is 0.336 e. The van der Waals surface area contributed by atoms with Crippen molar-refractivity contribution in [3.8, 4) is 11.5 Å². The van der Waals surface area contributed by atoms with Gasteiger partial charge in [0.2, 0.25) is 0 Å². The third-order valence-electron chi connectivity index (χ3n) is 6.81. The van der Waals surface area contributed by atoms with E-state index in [4.69, 9.17) is 18.9 Å². The van der Waals surface area contributed by atoms with Gasteiger partial charge in [-0.25, -0.2) is 4.79 Å². The molecule has 0 saturated carbocycles. The molecular weight excluding hydrogens is 522 g/mol. The van der Waals surface area contributed by atoms with Crippen LogP contribution in [0.4, 0.5) is 0 Å². The third kappa shape index (κ3) is 8.26. The van der Waals surface area contributed by atoms with Crippen LogP contribution in [0.5, 0.6) is 11.5 Å². The number of rotatable bonds is 9. The Balaban J connectivity index is 2.09. The van der Waals surface area contributed by atoms with E-state index in [1.54, 1.807) is 62.7 Å². The molecule has 0 spiro atoms. The van der Waals surface area contributed by atoms with Crippen molar-refractivity contribution in [3.63, 3.8) is 0 Å². The Hall–Kier alpha value is -3.52. The second-order valence-corrected chi connectivity index (χ2v) is 12.7. The van der Waals surface area contributed by atoms with Crippen molar-refractivity contribution < 1.29 is 33.6 Å². The summed E-state index contributed by atoms with van der Waals surface area (Å²) in [5, 5.41) is 15.2. The smallest absolute Gasteiger partial charge is 0.336 e. The maximum atomic E-state index is 13.9. The summed E-state index contributed by atoms with van der Waals surface area (Å²) in [5.74, 6) is -1.67. The first-order valence-corrected chi connectivity index (χ1v) is 14.0. The Labute approximate surface area is 244 Å². The van der Waals surface area contributed by atoms with Gasteiger partial charge in [0.25, 0.3) is 0 Å². The Kier molecular flexibility index (Phi) is 9.80. The number of methoxy groups -OCH3 is 2. The Morgan fingerprint density at radius 1 is 0.927 bits per heavy atom. The van der Waals surface area contributed by atoms with Crippen LogP contribution in [0.1, 0.15) is 71.9 Å². The summed E-state index contributed by atoms with van der Waals surface area (Å²) >= 11 is 0. The highest BCUT2D eigenvalue weighted by molar-refractivity contribution is 5.94. The zero-order chi connectivity index (χ0) is 30.6. The van der Waals surface area contributed by atoms with E-state index in [9.17, 15) is 14.7 Å². The van der Waals surface area contributed by atoms with E-state index in [-0.39, 0.29) is 6.42 Å². The molecule has 2 N–H and O–H groups in total. The molecule has 2 aromatic rings. The fourth-order valence-corrected chi connectivity index (χ4v) is 5.19. The van der Waals surface area contributed by atoms with Crippen molar-refractivity contribution in [2.45, 2.75) is 84.0 Å². The minimum Gasteiger partial charge on any atom is -0.493 e. The van der Waals surface area contributed by atoms with Crippen LogP contribution in [-0.4, -0.2) is 54.6 Å². The molecule has 3 atom stereocenters. The van der Waals surface area contributed by atoms with Crippen LogP contribution in [0, 0.1) is 5.92 Å². The number of aliphatic hydroxyl groups is 1. The van der Waals surface area contributed by atoms with E-state index >= 15 is 0 Å². The van der Waals surface area contributed by atoms with Gasteiger partial charge in [0.15, 0.2) is 11.5 Å². The van der Waals surface area contributed by atoms with Crippen LogP contribution in [-0.2, 0) is 25.5 Å². The van der Waals surface area contributed by atoms with E-state index < -0.39 is 40.6 Å². The van der Waals surface area contributed by atoms with Crippen LogP contribution in [0.15, 0.2) is 59.8 Å². The summed E-state index contributed by atoms with van der Waals surface area (Å²) in [4.78, 5) is 27.6. The minimum absolute atomic E-state index is 0.0424. The number of hydrogen-bond acceptors (Lipinski definition) is 8. The van der Waals surface area contributed by atoms with Gasteiger partial charge < -0.3 is 29.4 Å². The zero-order valence-electron chi connectivity index (χ0n) is 25.8.